The molecule has 0 unspecified atom stereocenters. The molecule has 1 N–H and O–H groups in total. The number of nitrogens with one attached hydrogen (secondary N) is 1. The van der Waals surface area contributed by atoms with E-state index in [1.165, 1.54) is 6.08 Å². The van der Waals surface area contributed by atoms with Crippen LogP contribution in [0.5, 0.6) is 0 Å². The highest BCUT2D eigenvalue weighted by Gasteiger charge is 2.00. The molecule has 0 aliphatic carbocycles. The SMILES string of the molecule is CC(C)NC(=O)/C=C/c1cnn(-c2ccccc2)c1. The molecule has 0 aliphatic rings. The van der Waals surface area contributed by atoms with E-state index in [2.05, 4.69) is 10.4 Å². The first-order valence-corrected chi connectivity index (χ1v) is 6.24. The molecular weight excluding hydrogens is 238 g/mol. The van der Waals surface area contributed by atoms with Crippen molar-refractivity contribution < 1.29 is 4.79 Å². The minimum Gasteiger partial charge on any atom is -0.350 e. The van der Waals surface area contributed by atoms with Gasteiger partial charge in [-0.05, 0) is 32.1 Å². The number of benzene rings is 1. The average Bonchev–Trinajstić information content (AvgIpc) is 2.85. The van der Waals surface area contributed by atoms with Gasteiger partial charge in [-0.25, -0.2) is 4.68 Å². The summed E-state index contributed by atoms with van der Waals surface area (Å²) in [6.07, 6.45) is 6.89. The summed E-state index contributed by atoms with van der Waals surface area (Å²) in [6, 6.07) is 9.98. The van der Waals surface area contributed by atoms with Crippen LogP contribution in [0.25, 0.3) is 11.8 Å². The van der Waals surface area contributed by atoms with E-state index in [1.54, 1.807) is 17.0 Å². The Hall–Kier alpha value is -2.36. The molecule has 0 atom stereocenters. The lowest BCUT2D eigenvalue weighted by molar-refractivity contribution is -0.116. The maximum Gasteiger partial charge on any atom is 0.244 e. The van der Waals surface area contributed by atoms with Gasteiger partial charge in [-0.3, -0.25) is 4.79 Å². The summed E-state index contributed by atoms with van der Waals surface area (Å²) in [7, 11) is 0. The fourth-order valence-corrected chi connectivity index (χ4v) is 1.65. The molecule has 0 spiro atoms. The number of para-hydroxylation sites is 1. The zero-order valence-electron chi connectivity index (χ0n) is 11.1. The standard InChI is InChI=1S/C15H17N3O/c1-12(2)17-15(19)9-8-13-10-16-18(11-13)14-6-4-3-5-7-14/h3-12H,1-2H3,(H,17,19)/b9-8+. The third-order valence-electron chi connectivity index (χ3n) is 2.48. The van der Waals surface area contributed by atoms with Crippen LogP contribution < -0.4 is 5.32 Å². The van der Waals surface area contributed by atoms with E-state index in [9.17, 15) is 4.79 Å². The Bertz CT molecular complexity index is 570. The highest BCUT2D eigenvalue weighted by molar-refractivity contribution is 5.91. The van der Waals surface area contributed by atoms with E-state index < -0.39 is 0 Å². The highest BCUT2D eigenvalue weighted by atomic mass is 16.1. The third-order valence-corrected chi connectivity index (χ3v) is 2.48. The molecule has 2 aromatic rings. The van der Waals surface area contributed by atoms with E-state index in [1.807, 2.05) is 50.4 Å². The monoisotopic (exact) mass is 255 g/mol. The minimum absolute atomic E-state index is 0.0949. The van der Waals surface area contributed by atoms with E-state index in [0.717, 1.165) is 11.3 Å². The van der Waals surface area contributed by atoms with Gasteiger partial charge in [0.15, 0.2) is 0 Å². The predicted molar refractivity (Wildman–Crippen MR) is 75.9 cm³/mol. The van der Waals surface area contributed by atoms with Gasteiger partial charge >= 0.3 is 0 Å². The highest BCUT2D eigenvalue weighted by Crippen LogP contribution is 2.08. The van der Waals surface area contributed by atoms with Crippen LogP contribution in [0, 0.1) is 0 Å². The maximum atomic E-state index is 11.5. The summed E-state index contributed by atoms with van der Waals surface area (Å²) in [6.45, 7) is 3.86. The molecule has 1 aromatic heterocycles. The van der Waals surface area contributed by atoms with Crippen LogP contribution in [0.1, 0.15) is 19.4 Å². The molecule has 19 heavy (non-hydrogen) atoms. The number of rotatable bonds is 4. The average molecular weight is 255 g/mol. The number of carbonyl (C=O) groups excluding carboxylic acids is 1. The molecular formula is C15H17N3O. The van der Waals surface area contributed by atoms with Gasteiger partial charge in [-0.1, -0.05) is 18.2 Å². The van der Waals surface area contributed by atoms with Gasteiger partial charge in [-0.15, -0.1) is 0 Å². The lowest BCUT2D eigenvalue weighted by Crippen LogP contribution is -2.28. The molecule has 0 radical (unpaired) electrons. The zero-order valence-corrected chi connectivity index (χ0v) is 11.1. The Morgan fingerprint density at radius 2 is 2.05 bits per heavy atom. The molecule has 98 valence electrons. The number of amides is 1. The first-order chi connectivity index (χ1) is 9.15. The largest absolute Gasteiger partial charge is 0.350 e. The van der Waals surface area contributed by atoms with Crippen LogP contribution in [-0.2, 0) is 4.79 Å². The fraction of sp³-hybridized carbons (Fsp3) is 0.200. The summed E-state index contributed by atoms with van der Waals surface area (Å²) in [5.41, 5.74) is 1.89. The topological polar surface area (TPSA) is 46.9 Å². The molecule has 0 bridgehead atoms. The van der Waals surface area contributed by atoms with Crippen molar-refractivity contribution in [3.8, 4) is 5.69 Å². The summed E-state index contributed by atoms with van der Waals surface area (Å²) in [4.78, 5) is 11.5. The summed E-state index contributed by atoms with van der Waals surface area (Å²) >= 11 is 0. The second-order valence-electron chi connectivity index (χ2n) is 4.55. The van der Waals surface area contributed by atoms with Gasteiger partial charge in [0.1, 0.15) is 0 Å². The van der Waals surface area contributed by atoms with Crippen molar-refractivity contribution in [1.29, 1.82) is 0 Å². The maximum absolute atomic E-state index is 11.5. The molecule has 0 aliphatic heterocycles. The Morgan fingerprint density at radius 1 is 1.32 bits per heavy atom. The molecule has 2 rings (SSSR count). The molecule has 0 saturated carbocycles. The van der Waals surface area contributed by atoms with Gasteiger partial charge in [0.2, 0.25) is 5.91 Å². The Labute approximate surface area is 112 Å². The number of hydrogen-bond acceptors (Lipinski definition) is 2. The van der Waals surface area contributed by atoms with Gasteiger partial charge < -0.3 is 5.32 Å². The second-order valence-corrected chi connectivity index (χ2v) is 4.55. The Kier molecular flexibility index (Phi) is 4.13. The summed E-state index contributed by atoms with van der Waals surface area (Å²) < 4.78 is 1.78. The van der Waals surface area contributed by atoms with Crippen molar-refractivity contribution in [2.24, 2.45) is 0 Å². The van der Waals surface area contributed by atoms with Crippen LogP contribution in [0.15, 0.2) is 48.8 Å². The lowest BCUT2D eigenvalue weighted by Gasteiger charge is -2.03. The van der Waals surface area contributed by atoms with Gasteiger partial charge in [0, 0.05) is 23.9 Å². The third kappa shape index (κ3) is 3.81. The van der Waals surface area contributed by atoms with Crippen molar-refractivity contribution in [3.63, 3.8) is 0 Å². The normalized spacial score (nSPS) is 11.1. The van der Waals surface area contributed by atoms with Crippen LogP contribution in [0.3, 0.4) is 0 Å². The molecule has 1 amide bonds. The van der Waals surface area contributed by atoms with Crippen molar-refractivity contribution in [1.82, 2.24) is 15.1 Å². The van der Waals surface area contributed by atoms with Crippen LogP contribution >= 0.6 is 0 Å². The Morgan fingerprint density at radius 3 is 2.74 bits per heavy atom. The second kappa shape index (κ2) is 6.00. The number of nitrogens with zero attached hydrogens (tertiary/aromatic N) is 2. The lowest BCUT2D eigenvalue weighted by atomic mass is 10.3. The molecule has 1 aromatic carbocycles. The van der Waals surface area contributed by atoms with Crippen molar-refractivity contribution in [3.05, 3.63) is 54.4 Å². The predicted octanol–water partition coefficient (Wildman–Crippen LogP) is 2.41. The summed E-state index contributed by atoms with van der Waals surface area (Å²) in [5, 5.41) is 7.06. The van der Waals surface area contributed by atoms with Crippen LogP contribution in [0.2, 0.25) is 0 Å². The molecule has 1 heterocycles. The van der Waals surface area contributed by atoms with Crippen molar-refractivity contribution in [2.75, 3.05) is 0 Å². The minimum atomic E-state index is -0.0949. The molecule has 4 nitrogen and oxygen atoms in total. The Balaban J connectivity index is 2.06. The van der Waals surface area contributed by atoms with E-state index in [-0.39, 0.29) is 11.9 Å². The smallest absolute Gasteiger partial charge is 0.244 e. The van der Waals surface area contributed by atoms with Gasteiger partial charge in [0.05, 0.1) is 11.9 Å². The number of aromatic nitrogens is 2. The molecule has 0 fully saturated rings. The van der Waals surface area contributed by atoms with Gasteiger partial charge in [-0.2, -0.15) is 5.10 Å². The van der Waals surface area contributed by atoms with E-state index >= 15 is 0 Å². The van der Waals surface area contributed by atoms with E-state index in [4.69, 9.17) is 0 Å². The van der Waals surface area contributed by atoms with Gasteiger partial charge in [0.25, 0.3) is 0 Å². The zero-order chi connectivity index (χ0) is 13.7. The van der Waals surface area contributed by atoms with Crippen molar-refractivity contribution in [2.45, 2.75) is 19.9 Å². The number of carbonyl (C=O) groups is 1. The number of hydrogen-bond donors (Lipinski definition) is 1. The first-order valence-electron chi connectivity index (χ1n) is 6.24. The summed E-state index contributed by atoms with van der Waals surface area (Å²) in [5.74, 6) is -0.0949. The molecule has 4 heteroatoms. The molecule has 0 saturated heterocycles. The van der Waals surface area contributed by atoms with Crippen molar-refractivity contribution >= 4 is 12.0 Å². The van der Waals surface area contributed by atoms with Crippen LogP contribution in [0.4, 0.5) is 0 Å². The van der Waals surface area contributed by atoms with E-state index in [0.29, 0.717) is 0 Å². The van der Waals surface area contributed by atoms with Crippen LogP contribution in [-0.4, -0.2) is 21.7 Å². The fourth-order valence-electron chi connectivity index (χ4n) is 1.65. The quantitative estimate of drug-likeness (QED) is 0.853. The first kappa shape index (κ1) is 13.1.